The van der Waals surface area contributed by atoms with Crippen LogP contribution >= 0.6 is 0 Å². The summed E-state index contributed by atoms with van der Waals surface area (Å²) >= 11 is 0. The first-order chi connectivity index (χ1) is 8.40. The van der Waals surface area contributed by atoms with Gasteiger partial charge in [0.1, 0.15) is 0 Å². The first-order valence-corrected chi connectivity index (χ1v) is 5.55. The van der Waals surface area contributed by atoms with Crippen molar-refractivity contribution in [2.45, 2.75) is 18.9 Å². The number of aryl methyl sites for hydroxylation is 1. The van der Waals surface area contributed by atoms with Crippen LogP contribution < -0.4 is 16.6 Å². The molecule has 0 bridgehead atoms. The van der Waals surface area contributed by atoms with Gasteiger partial charge in [0.05, 0.1) is 18.8 Å². The topological polar surface area (TPSA) is 109 Å². The number of anilines is 1. The smallest absolute Gasteiger partial charge is 0.346 e. The summed E-state index contributed by atoms with van der Waals surface area (Å²) in [7, 11) is 2.75. The van der Waals surface area contributed by atoms with Crippen LogP contribution in [0.15, 0.2) is 9.59 Å². The molecular weight excluding hydrogens is 240 g/mol. The molecule has 1 aromatic rings. The molecule has 0 spiro atoms. The SMILES string of the molecule is CCC(CO)(CO)Nc1nn(C)c(=O)n(C)c1=O. The Labute approximate surface area is 103 Å². The molecule has 0 atom stereocenters. The molecule has 0 aliphatic rings. The van der Waals surface area contributed by atoms with Crippen LogP contribution in [0.3, 0.4) is 0 Å². The molecule has 0 saturated heterocycles. The molecule has 8 heteroatoms. The van der Waals surface area contributed by atoms with Crippen LogP contribution in [0.2, 0.25) is 0 Å². The minimum atomic E-state index is -1.03. The van der Waals surface area contributed by atoms with Gasteiger partial charge in [-0.2, -0.15) is 0 Å². The number of nitrogens with zero attached hydrogens (tertiary/aromatic N) is 3. The Balaban J connectivity index is 3.28. The summed E-state index contributed by atoms with van der Waals surface area (Å²) in [5.74, 6) is -0.0791. The van der Waals surface area contributed by atoms with Gasteiger partial charge in [-0.05, 0) is 6.42 Å². The molecule has 0 aliphatic carbocycles. The highest BCUT2D eigenvalue weighted by atomic mass is 16.3. The lowest BCUT2D eigenvalue weighted by Crippen LogP contribution is -2.49. The fourth-order valence-corrected chi connectivity index (χ4v) is 1.47. The average molecular weight is 258 g/mol. The van der Waals surface area contributed by atoms with Gasteiger partial charge in [0.15, 0.2) is 0 Å². The molecule has 0 fully saturated rings. The predicted octanol–water partition coefficient (Wildman–Crippen LogP) is -1.98. The fourth-order valence-electron chi connectivity index (χ4n) is 1.47. The highest BCUT2D eigenvalue weighted by molar-refractivity contribution is 5.34. The van der Waals surface area contributed by atoms with Crippen molar-refractivity contribution >= 4 is 5.82 Å². The van der Waals surface area contributed by atoms with Crippen molar-refractivity contribution < 1.29 is 10.2 Å². The maximum Gasteiger partial charge on any atom is 0.346 e. The number of rotatable bonds is 5. The lowest BCUT2D eigenvalue weighted by Gasteiger charge is -2.29. The highest BCUT2D eigenvalue weighted by Gasteiger charge is 2.28. The van der Waals surface area contributed by atoms with Crippen molar-refractivity contribution in [1.29, 1.82) is 0 Å². The molecular formula is C10H18N4O4. The first kappa shape index (κ1) is 14.4. The van der Waals surface area contributed by atoms with Gasteiger partial charge in [-0.1, -0.05) is 6.92 Å². The minimum Gasteiger partial charge on any atom is -0.394 e. The van der Waals surface area contributed by atoms with E-state index in [1.54, 1.807) is 6.92 Å². The van der Waals surface area contributed by atoms with Crippen molar-refractivity contribution in [2.24, 2.45) is 14.1 Å². The molecule has 8 nitrogen and oxygen atoms in total. The number of hydrogen-bond donors (Lipinski definition) is 3. The van der Waals surface area contributed by atoms with Crippen molar-refractivity contribution in [2.75, 3.05) is 18.5 Å². The predicted molar refractivity (Wildman–Crippen MR) is 65.5 cm³/mol. The van der Waals surface area contributed by atoms with Crippen LogP contribution in [0.5, 0.6) is 0 Å². The second-order valence-corrected chi connectivity index (χ2v) is 4.19. The van der Waals surface area contributed by atoms with E-state index in [1.165, 1.54) is 14.1 Å². The summed E-state index contributed by atoms with van der Waals surface area (Å²) in [5.41, 5.74) is -2.17. The summed E-state index contributed by atoms with van der Waals surface area (Å²) in [6.07, 6.45) is 0.397. The molecule has 0 unspecified atom stereocenters. The largest absolute Gasteiger partial charge is 0.394 e. The summed E-state index contributed by atoms with van der Waals surface area (Å²) in [5, 5.41) is 25.1. The molecule has 3 N–H and O–H groups in total. The van der Waals surface area contributed by atoms with E-state index < -0.39 is 16.8 Å². The molecule has 102 valence electrons. The number of nitrogens with one attached hydrogen (secondary N) is 1. The quantitative estimate of drug-likeness (QED) is 0.565. The molecule has 0 amide bonds. The molecule has 18 heavy (non-hydrogen) atoms. The van der Waals surface area contributed by atoms with Crippen molar-refractivity contribution in [3.63, 3.8) is 0 Å². The van der Waals surface area contributed by atoms with Crippen LogP contribution in [0.25, 0.3) is 0 Å². The number of hydrogen-bond acceptors (Lipinski definition) is 6. The normalized spacial score (nSPS) is 11.6. The Bertz CT molecular complexity index is 521. The number of aromatic nitrogens is 3. The van der Waals surface area contributed by atoms with Gasteiger partial charge < -0.3 is 15.5 Å². The number of aliphatic hydroxyl groups is 2. The van der Waals surface area contributed by atoms with E-state index in [2.05, 4.69) is 10.4 Å². The standard InChI is InChI=1S/C10H18N4O4/c1-4-10(5-15,6-16)11-7-8(17)13(2)9(18)14(3)12-7/h15-16H,4-6H2,1-3H3,(H,11,12). The highest BCUT2D eigenvalue weighted by Crippen LogP contribution is 2.13. The van der Waals surface area contributed by atoms with Crippen molar-refractivity contribution in [3.8, 4) is 0 Å². The van der Waals surface area contributed by atoms with Gasteiger partial charge in [0.2, 0.25) is 5.82 Å². The van der Waals surface area contributed by atoms with E-state index in [0.717, 1.165) is 9.25 Å². The van der Waals surface area contributed by atoms with Gasteiger partial charge >= 0.3 is 5.69 Å². The Kier molecular flexibility index (Phi) is 4.25. The molecule has 1 rings (SSSR count). The van der Waals surface area contributed by atoms with E-state index in [4.69, 9.17) is 0 Å². The van der Waals surface area contributed by atoms with Gasteiger partial charge in [0.25, 0.3) is 5.56 Å². The third-order valence-electron chi connectivity index (χ3n) is 2.99. The van der Waals surface area contributed by atoms with E-state index >= 15 is 0 Å². The summed E-state index contributed by atoms with van der Waals surface area (Å²) in [6.45, 7) is 1.05. The Hall–Kier alpha value is -1.67. The minimum absolute atomic E-state index is 0.0791. The van der Waals surface area contributed by atoms with Crippen LogP contribution in [-0.2, 0) is 14.1 Å². The second kappa shape index (κ2) is 5.32. The van der Waals surface area contributed by atoms with Crippen LogP contribution in [0.1, 0.15) is 13.3 Å². The van der Waals surface area contributed by atoms with E-state index in [1.807, 2.05) is 0 Å². The average Bonchev–Trinajstić information content (AvgIpc) is 2.39. The summed E-state index contributed by atoms with van der Waals surface area (Å²) < 4.78 is 1.92. The Morgan fingerprint density at radius 3 is 2.28 bits per heavy atom. The molecule has 1 aromatic heterocycles. The van der Waals surface area contributed by atoms with Crippen LogP contribution in [0.4, 0.5) is 5.82 Å². The zero-order valence-corrected chi connectivity index (χ0v) is 10.7. The van der Waals surface area contributed by atoms with Gasteiger partial charge in [0, 0.05) is 14.1 Å². The lowest BCUT2D eigenvalue weighted by atomic mass is 9.99. The maximum absolute atomic E-state index is 11.8. The molecule has 0 aromatic carbocycles. The lowest BCUT2D eigenvalue weighted by molar-refractivity contribution is 0.132. The second-order valence-electron chi connectivity index (χ2n) is 4.19. The Morgan fingerprint density at radius 2 is 1.83 bits per heavy atom. The fraction of sp³-hybridized carbons (Fsp3) is 0.700. The van der Waals surface area contributed by atoms with Crippen molar-refractivity contribution in [1.82, 2.24) is 14.3 Å². The molecule has 0 saturated carbocycles. The van der Waals surface area contributed by atoms with Gasteiger partial charge in [-0.15, -0.1) is 5.10 Å². The monoisotopic (exact) mass is 258 g/mol. The summed E-state index contributed by atoms with van der Waals surface area (Å²) in [4.78, 5) is 23.3. The molecule has 0 radical (unpaired) electrons. The number of aliphatic hydroxyl groups excluding tert-OH is 2. The summed E-state index contributed by atoms with van der Waals surface area (Å²) in [6, 6.07) is 0. The van der Waals surface area contributed by atoms with E-state index in [9.17, 15) is 19.8 Å². The third kappa shape index (κ3) is 2.44. The van der Waals surface area contributed by atoms with Crippen LogP contribution in [0, 0.1) is 0 Å². The van der Waals surface area contributed by atoms with Gasteiger partial charge in [-0.3, -0.25) is 9.36 Å². The molecule has 1 heterocycles. The zero-order valence-electron chi connectivity index (χ0n) is 10.7. The van der Waals surface area contributed by atoms with E-state index in [0.29, 0.717) is 6.42 Å². The maximum atomic E-state index is 11.8. The first-order valence-electron chi connectivity index (χ1n) is 5.55. The van der Waals surface area contributed by atoms with Crippen molar-refractivity contribution in [3.05, 3.63) is 20.8 Å². The van der Waals surface area contributed by atoms with Crippen LogP contribution in [-0.4, -0.2) is 43.3 Å². The third-order valence-corrected chi connectivity index (χ3v) is 2.99. The van der Waals surface area contributed by atoms with Gasteiger partial charge in [-0.25, -0.2) is 9.48 Å². The van der Waals surface area contributed by atoms with E-state index in [-0.39, 0.29) is 19.0 Å². The Morgan fingerprint density at radius 1 is 1.28 bits per heavy atom. The zero-order chi connectivity index (χ0) is 13.9. The molecule has 0 aliphatic heterocycles.